The van der Waals surface area contributed by atoms with Gasteiger partial charge in [-0.25, -0.2) is 0 Å². The quantitative estimate of drug-likeness (QED) is 0.318. The Morgan fingerprint density at radius 2 is 2.00 bits per heavy atom. The molecule has 0 unspecified atom stereocenters. The van der Waals surface area contributed by atoms with Crippen LogP contribution in [0.3, 0.4) is 0 Å². The van der Waals surface area contributed by atoms with Gasteiger partial charge in [-0.2, -0.15) is 0 Å². The fraction of sp³-hybridized carbons (Fsp3) is 0.500. The van der Waals surface area contributed by atoms with Crippen molar-refractivity contribution in [3.05, 3.63) is 0 Å². The number of hydrogen-bond donors (Lipinski definition) is 3. The van der Waals surface area contributed by atoms with Gasteiger partial charge < -0.3 is 10.8 Å². The van der Waals surface area contributed by atoms with E-state index in [1.54, 1.807) is 0 Å². The topological polar surface area (TPSA) is 89.3 Å². The number of carbonyl (C=O) groups is 1. The molecule has 1 atom stereocenters. The first kappa shape index (κ1) is 5.39. The maximum absolute atomic E-state index is 9.55. The van der Waals surface area contributed by atoms with Gasteiger partial charge in [-0.05, 0) is 0 Å². The van der Waals surface area contributed by atoms with Crippen LogP contribution < -0.4 is 11.5 Å². The number of aliphatic hydroxyl groups excluding tert-OH is 1. The Morgan fingerprint density at radius 3 is 2.00 bits per heavy atom. The molecule has 0 aliphatic rings. The standard InChI is InChI=1S/C2H6N2O2/c3-1(5)2(4)6/h1,5H,3H2,(H2,4,6)/t1-/m1/s1. The fourth-order valence-electron chi connectivity index (χ4n) is 0. The summed E-state index contributed by atoms with van der Waals surface area (Å²) >= 11 is 0. The zero-order chi connectivity index (χ0) is 5.15. The second kappa shape index (κ2) is 1.74. The van der Waals surface area contributed by atoms with Gasteiger partial charge in [0, 0.05) is 0 Å². The van der Waals surface area contributed by atoms with Crippen molar-refractivity contribution in [3.63, 3.8) is 0 Å². The molecule has 0 heterocycles. The average Bonchev–Trinajstić information content (AvgIpc) is 1.36. The number of aliphatic hydroxyl groups is 1. The van der Waals surface area contributed by atoms with Gasteiger partial charge in [-0.15, -0.1) is 0 Å². The SMILES string of the molecule is NC(=O)[C@H](N)O. The Kier molecular flexibility index (Phi) is 1.56. The third-order valence-corrected chi connectivity index (χ3v) is 0.292. The van der Waals surface area contributed by atoms with E-state index in [2.05, 4.69) is 11.5 Å². The van der Waals surface area contributed by atoms with E-state index in [0.717, 1.165) is 0 Å². The third kappa shape index (κ3) is 1.68. The Bertz CT molecular complexity index is 60.6. The predicted molar refractivity (Wildman–Crippen MR) is 19.4 cm³/mol. The van der Waals surface area contributed by atoms with Crippen LogP contribution in [0.25, 0.3) is 0 Å². The zero-order valence-corrected chi connectivity index (χ0v) is 3.09. The van der Waals surface area contributed by atoms with Gasteiger partial charge in [0.05, 0.1) is 0 Å². The van der Waals surface area contributed by atoms with Crippen LogP contribution in [-0.4, -0.2) is 17.2 Å². The summed E-state index contributed by atoms with van der Waals surface area (Å²) in [5.41, 5.74) is 8.94. The summed E-state index contributed by atoms with van der Waals surface area (Å²) in [6.07, 6.45) is -1.51. The van der Waals surface area contributed by atoms with Crippen LogP contribution in [0.2, 0.25) is 0 Å². The fourth-order valence-corrected chi connectivity index (χ4v) is 0. The van der Waals surface area contributed by atoms with Crippen LogP contribution in [0, 0.1) is 0 Å². The predicted octanol–water partition coefficient (Wildman–Crippen LogP) is -2.25. The van der Waals surface area contributed by atoms with Crippen LogP contribution in [0.1, 0.15) is 0 Å². The molecule has 0 aromatic rings. The van der Waals surface area contributed by atoms with Crippen molar-refractivity contribution in [1.82, 2.24) is 0 Å². The molecule has 0 spiro atoms. The van der Waals surface area contributed by atoms with Crippen molar-refractivity contribution in [2.45, 2.75) is 6.23 Å². The molecular formula is C2H6N2O2. The maximum atomic E-state index is 9.55. The Balaban J connectivity index is 3.26. The molecule has 0 aromatic carbocycles. The van der Waals surface area contributed by atoms with E-state index < -0.39 is 12.1 Å². The van der Waals surface area contributed by atoms with E-state index in [-0.39, 0.29) is 0 Å². The Hall–Kier alpha value is -0.610. The van der Waals surface area contributed by atoms with Gasteiger partial charge in [-0.3, -0.25) is 10.5 Å². The number of carbonyl (C=O) groups excluding carboxylic acids is 1. The van der Waals surface area contributed by atoms with E-state index >= 15 is 0 Å². The third-order valence-electron chi connectivity index (χ3n) is 0.292. The minimum Gasteiger partial charge on any atom is -0.370 e. The van der Waals surface area contributed by atoms with Gasteiger partial charge in [0.2, 0.25) is 0 Å². The molecule has 0 radical (unpaired) electrons. The normalized spacial score (nSPS) is 13.7. The highest BCUT2D eigenvalue weighted by molar-refractivity contribution is 5.77. The first-order valence-electron chi connectivity index (χ1n) is 1.37. The van der Waals surface area contributed by atoms with Crippen LogP contribution in [0.5, 0.6) is 0 Å². The first-order chi connectivity index (χ1) is 2.64. The minimum atomic E-state index is -1.51. The largest absolute Gasteiger partial charge is 0.370 e. The molecule has 36 valence electrons. The monoisotopic (exact) mass is 90.0 g/mol. The van der Waals surface area contributed by atoms with E-state index in [9.17, 15) is 4.79 Å². The van der Waals surface area contributed by atoms with Gasteiger partial charge in [0.25, 0.3) is 5.91 Å². The summed E-state index contributed by atoms with van der Waals surface area (Å²) in [7, 11) is 0. The number of primary amides is 1. The van der Waals surface area contributed by atoms with E-state index in [1.807, 2.05) is 0 Å². The molecule has 6 heavy (non-hydrogen) atoms. The Morgan fingerprint density at radius 1 is 1.83 bits per heavy atom. The number of amides is 1. The smallest absolute Gasteiger partial charge is 0.261 e. The molecule has 1 amide bonds. The highest BCUT2D eigenvalue weighted by Crippen LogP contribution is 1.57. The van der Waals surface area contributed by atoms with Crippen LogP contribution in [0.4, 0.5) is 0 Å². The zero-order valence-electron chi connectivity index (χ0n) is 3.09. The van der Waals surface area contributed by atoms with Gasteiger partial charge in [-0.1, -0.05) is 0 Å². The summed E-state index contributed by atoms with van der Waals surface area (Å²) in [4.78, 5) is 9.55. The number of nitrogens with two attached hydrogens (primary N) is 2. The number of hydrogen-bond acceptors (Lipinski definition) is 3. The molecule has 0 saturated heterocycles. The van der Waals surface area contributed by atoms with E-state index in [0.29, 0.717) is 0 Å². The molecule has 5 N–H and O–H groups in total. The first-order valence-corrected chi connectivity index (χ1v) is 1.37. The van der Waals surface area contributed by atoms with Gasteiger partial charge >= 0.3 is 0 Å². The maximum Gasteiger partial charge on any atom is 0.261 e. The molecule has 0 aromatic heterocycles. The van der Waals surface area contributed by atoms with Crippen molar-refractivity contribution >= 4 is 5.91 Å². The van der Waals surface area contributed by atoms with Gasteiger partial charge in [0.15, 0.2) is 6.23 Å². The van der Waals surface area contributed by atoms with Crippen molar-refractivity contribution in [2.75, 3.05) is 0 Å². The summed E-state index contributed by atoms with van der Waals surface area (Å²) in [6, 6.07) is 0. The second-order valence-corrected chi connectivity index (χ2v) is 0.847. The van der Waals surface area contributed by atoms with E-state index in [4.69, 9.17) is 5.11 Å². The minimum absolute atomic E-state index is 0.907. The molecular weight excluding hydrogens is 84.0 g/mol. The molecule has 0 aliphatic heterocycles. The molecule has 4 nitrogen and oxygen atoms in total. The van der Waals surface area contributed by atoms with Crippen LogP contribution in [-0.2, 0) is 4.79 Å². The Labute approximate surface area is 34.7 Å². The lowest BCUT2D eigenvalue weighted by Crippen LogP contribution is -2.35. The van der Waals surface area contributed by atoms with Crippen molar-refractivity contribution in [3.8, 4) is 0 Å². The molecule has 0 aliphatic carbocycles. The van der Waals surface area contributed by atoms with Crippen molar-refractivity contribution in [1.29, 1.82) is 0 Å². The highest BCUT2D eigenvalue weighted by Gasteiger charge is 1.98. The second-order valence-electron chi connectivity index (χ2n) is 0.847. The summed E-state index contributed by atoms with van der Waals surface area (Å²) < 4.78 is 0. The molecule has 0 fully saturated rings. The lowest BCUT2D eigenvalue weighted by molar-refractivity contribution is -0.125. The van der Waals surface area contributed by atoms with Crippen molar-refractivity contribution in [2.24, 2.45) is 11.5 Å². The summed E-state index contributed by atoms with van der Waals surface area (Å²) in [5.74, 6) is -0.907. The van der Waals surface area contributed by atoms with Crippen LogP contribution in [0.15, 0.2) is 0 Å². The summed E-state index contributed by atoms with van der Waals surface area (Å²) in [5, 5.41) is 7.93. The number of rotatable bonds is 1. The lowest BCUT2D eigenvalue weighted by Gasteiger charge is -1.91. The summed E-state index contributed by atoms with van der Waals surface area (Å²) in [6.45, 7) is 0. The lowest BCUT2D eigenvalue weighted by atomic mass is 10.6. The average molecular weight is 90.1 g/mol. The molecule has 0 rings (SSSR count). The van der Waals surface area contributed by atoms with Crippen LogP contribution >= 0.6 is 0 Å². The highest BCUT2D eigenvalue weighted by atomic mass is 16.3. The van der Waals surface area contributed by atoms with E-state index in [1.165, 1.54) is 0 Å². The van der Waals surface area contributed by atoms with Gasteiger partial charge in [0.1, 0.15) is 0 Å². The van der Waals surface area contributed by atoms with Crippen molar-refractivity contribution < 1.29 is 9.90 Å². The molecule has 0 saturated carbocycles. The molecule has 0 bridgehead atoms. The molecule has 4 heteroatoms.